The molecule has 0 radical (unpaired) electrons. The molecule has 9 nitrogen and oxygen atoms in total. The van der Waals surface area contributed by atoms with E-state index < -0.39 is 23.1 Å². The third kappa shape index (κ3) is 6.06. The summed E-state index contributed by atoms with van der Waals surface area (Å²) in [5, 5.41) is 19.0. The minimum Gasteiger partial charge on any atom is -0.493 e. The SMILES string of the molecule is COc1cc(/C=N\N=C2/NC(=O)[C@H](CC(=O)O)S2)ccc1OC(=O)c1ccc(Cl)cc1. The first-order valence-corrected chi connectivity index (χ1v) is 10.1. The number of carbonyl (C=O) groups excluding carboxylic acids is 2. The number of nitrogens with one attached hydrogen (secondary N) is 1. The number of carboxylic acids is 1. The molecule has 0 bridgehead atoms. The fourth-order valence-corrected chi connectivity index (χ4v) is 3.53. The van der Waals surface area contributed by atoms with Gasteiger partial charge in [-0.15, -0.1) is 5.10 Å². The van der Waals surface area contributed by atoms with Crippen molar-refractivity contribution in [1.82, 2.24) is 5.32 Å². The lowest BCUT2D eigenvalue weighted by Crippen LogP contribution is -2.26. The number of amidine groups is 1. The maximum Gasteiger partial charge on any atom is 0.343 e. The Morgan fingerprint density at radius 3 is 2.65 bits per heavy atom. The second kappa shape index (κ2) is 10.1. The highest BCUT2D eigenvalue weighted by Crippen LogP contribution is 2.28. The lowest BCUT2D eigenvalue weighted by molar-refractivity contribution is -0.138. The van der Waals surface area contributed by atoms with Crippen molar-refractivity contribution in [2.45, 2.75) is 11.7 Å². The number of ether oxygens (including phenoxy) is 2. The van der Waals surface area contributed by atoms with Gasteiger partial charge in [0.25, 0.3) is 0 Å². The van der Waals surface area contributed by atoms with Crippen LogP contribution in [0.1, 0.15) is 22.3 Å². The number of esters is 1. The van der Waals surface area contributed by atoms with Crippen LogP contribution in [0.3, 0.4) is 0 Å². The summed E-state index contributed by atoms with van der Waals surface area (Å²) in [6.45, 7) is 0. The minimum atomic E-state index is -1.07. The fourth-order valence-electron chi connectivity index (χ4n) is 2.49. The average Bonchev–Trinajstić information content (AvgIpc) is 3.07. The molecule has 1 aliphatic heterocycles. The number of benzene rings is 2. The summed E-state index contributed by atoms with van der Waals surface area (Å²) in [4.78, 5) is 34.7. The Kier molecular flexibility index (Phi) is 7.27. The van der Waals surface area contributed by atoms with Gasteiger partial charge in [0.1, 0.15) is 5.25 Å². The van der Waals surface area contributed by atoms with Crippen LogP contribution in [-0.4, -0.2) is 46.7 Å². The fraction of sp³-hybridized carbons (Fsp3) is 0.150. The Morgan fingerprint density at radius 2 is 1.97 bits per heavy atom. The highest BCUT2D eigenvalue weighted by atomic mass is 35.5. The molecule has 1 heterocycles. The van der Waals surface area contributed by atoms with Gasteiger partial charge in [0.15, 0.2) is 16.7 Å². The van der Waals surface area contributed by atoms with E-state index in [-0.39, 0.29) is 17.3 Å². The predicted molar refractivity (Wildman–Crippen MR) is 116 cm³/mol. The van der Waals surface area contributed by atoms with Gasteiger partial charge in [-0.25, -0.2) is 4.79 Å². The first kappa shape index (κ1) is 22.3. The van der Waals surface area contributed by atoms with E-state index in [0.717, 1.165) is 11.8 Å². The number of amides is 1. The Bertz CT molecular complexity index is 1070. The third-order valence-corrected chi connectivity index (χ3v) is 5.29. The Balaban J connectivity index is 1.67. The van der Waals surface area contributed by atoms with Gasteiger partial charge in [-0.1, -0.05) is 23.4 Å². The maximum absolute atomic E-state index is 12.3. The largest absolute Gasteiger partial charge is 0.493 e. The van der Waals surface area contributed by atoms with Crippen LogP contribution in [-0.2, 0) is 9.59 Å². The highest BCUT2D eigenvalue weighted by Gasteiger charge is 2.32. The molecular formula is C20H16ClN3O6S. The Hall–Kier alpha value is -3.37. The molecule has 2 aromatic carbocycles. The van der Waals surface area contributed by atoms with Crippen molar-refractivity contribution in [2.24, 2.45) is 10.2 Å². The number of carboxylic acid groups (broad SMARTS) is 1. The molecule has 3 rings (SSSR count). The molecule has 1 aliphatic rings. The summed E-state index contributed by atoms with van der Waals surface area (Å²) < 4.78 is 10.7. The summed E-state index contributed by atoms with van der Waals surface area (Å²) in [5.41, 5.74) is 0.939. The second-order valence-corrected chi connectivity index (χ2v) is 7.78. The van der Waals surface area contributed by atoms with Crippen molar-refractivity contribution in [2.75, 3.05) is 7.11 Å². The molecule has 1 atom stereocenters. The second-order valence-electron chi connectivity index (χ2n) is 6.15. The monoisotopic (exact) mass is 461 g/mol. The summed E-state index contributed by atoms with van der Waals surface area (Å²) in [5.74, 6) is -1.52. The number of thioether (sulfide) groups is 1. The summed E-state index contributed by atoms with van der Waals surface area (Å²) in [7, 11) is 1.43. The molecule has 0 spiro atoms. The summed E-state index contributed by atoms with van der Waals surface area (Å²) in [6, 6.07) is 11.1. The molecule has 0 aromatic heterocycles. The van der Waals surface area contributed by atoms with Crippen molar-refractivity contribution in [3.63, 3.8) is 0 Å². The van der Waals surface area contributed by atoms with Crippen molar-refractivity contribution in [3.8, 4) is 11.5 Å². The molecule has 2 aromatic rings. The van der Waals surface area contributed by atoms with Crippen molar-refractivity contribution in [1.29, 1.82) is 0 Å². The third-order valence-electron chi connectivity index (χ3n) is 3.96. The van der Waals surface area contributed by atoms with E-state index in [1.807, 2.05) is 0 Å². The number of carbonyl (C=O) groups is 3. The standard InChI is InChI=1S/C20H16ClN3O6S/c1-29-15-8-11(10-22-24-20-23-18(27)16(31-20)9-17(25)26)2-7-14(15)30-19(28)12-3-5-13(21)6-4-12/h2-8,10,16H,9H2,1H3,(H,25,26)(H,23,24,27)/b22-10-/t16-/m0/s1. The predicted octanol–water partition coefficient (Wildman–Crippen LogP) is 2.96. The van der Waals surface area contributed by atoms with Crippen LogP contribution >= 0.6 is 23.4 Å². The first-order valence-electron chi connectivity index (χ1n) is 8.82. The van der Waals surface area contributed by atoms with Gasteiger partial charge >= 0.3 is 11.9 Å². The van der Waals surface area contributed by atoms with Crippen LogP contribution < -0.4 is 14.8 Å². The Labute approximate surface area is 186 Å². The van der Waals surface area contributed by atoms with E-state index >= 15 is 0 Å². The van der Waals surface area contributed by atoms with Gasteiger partial charge in [-0.2, -0.15) is 5.10 Å². The van der Waals surface area contributed by atoms with Crippen molar-refractivity contribution >= 4 is 52.6 Å². The van der Waals surface area contributed by atoms with Gasteiger partial charge in [0.05, 0.1) is 25.3 Å². The molecular weight excluding hydrogens is 446 g/mol. The smallest absolute Gasteiger partial charge is 0.343 e. The number of hydrogen-bond donors (Lipinski definition) is 2. The molecule has 1 fully saturated rings. The molecule has 11 heteroatoms. The minimum absolute atomic E-state index is 0.216. The number of nitrogens with zero attached hydrogens (tertiary/aromatic N) is 2. The van der Waals surface area contributed by atoms with Gasteiger partial charge < -0.3 is 19.9 Å². The van der Waals surface area contributed by atoms with Crippen LogP contribution in [0.15, 0.2) is 52.7 Å². The van der Waals surface area contributed by atoms with E-state index in [9.17, 15) is 14.4 Å². The summed E-state index contributed by atoms with van der Waals surface area (Å²) in [6.07, 6.45) is 1.12. The molecule has 1 amide bonds. The molecule has 31 heavy (non-hydrogen) atoms. The van der Waals surface area contributed by atoms with Crippen LogP contribution in [0.4, 0.5) is 0 Å². The van der Waals surface area contributed by atoms with E-state index in [0.29, 0.717) is 21.9 Å². The van der Waals surface area contributed by atoms with E-state index in [4.69, 9.17) is 26.2 Å². The maximum atomic E-state index is 12.3. The number of halogens is 1. The number of methoxy groups -OCH3 is 1. The van der Waals surface area contributed by atoms with E-state index in [1.54, 1.807) is 42.5 Å². The lowest BCUT2D eigenvalue weighted by atomic mass is 10.2. The van der Waals surface area contributed by atoms with E-state index in [1.165, 1.54) is 13.3 Å². The van der Waals surface area contributed by atoms with Crippen molar-refractivity contribution < 1.29 is 29.0 Å². The van der Waals surface area contributed by atoms with Crippen LogP contribution in [0.2, 0.25) is 5.02 Å². The van der Waals surface area contributed by atoms with Crippen LogP contribution in [0.25, 0.3) is 0 Å². The molecule has 0 unspecified atom stereocenters. The number of hydrogen-bond acceptors (Lipinski definition) is 8. The molecule has 1 saturated heterocycles. The normalized spacial score (nSPS) is 17.0. The molecule has 2 N–H and O–H groups in total. The topological polar surface area (TPSA) is 127 Å². The summed E-state index contributed by atoms with van der Waals surface area (Å²) >= 11 is 6.82. The van der Waals surface area contributed by atoms with Gasteiger partial charge in [0.2, 0.25) is 5.91 Å². The van der Waals surface area contributed by atoms with Crippen molar-refractivity contribution in [3.05, 3.63) is 58.6 Å². The van der Waals surface area contributed by atoms with Crippen LogP contribution in [0.5, 0.6) is 11.5 Å². The zero-order valence-corrected chi connectivity index (χ0v) is 17.6. The molecule has 0 saturated carbocycles. The van der Waals surface area contributed by atoms with Gasteiger partial charge in [-0.3, -0.25) is 9.59 Å². The quantitative estimate of drug-likeness (QED) is 0.281. The van der Waals surface area contributed by atoms with Crippen LogP contribution in [0, 0.1) is 0 Å². The zero-order chi connectivity index (χ0) is 22.4. The lowest BCUT2D eigenvalue weighted by Gasteiger charge is -2.10. The average molecular weight is 462 g/mol. The number of rotatable bonds is 7. The number of aliphatic carboxylic acids is 1. The molecule has 160 valence electrons. The zero-order valence-electron chi connectivity index (χ0n) is 16.1. The van der Waals surface area contributed by atoms with E-state index in [2.05, 4.69) is 15.5 Å². The first-order chi connectivity index (χ1) is 14.9. The Morgan fingerprint density at radius 1 is 1.23 bits per heavy atom. The highest BCUT2D eigenvalue weighted by molar-refractivity contribution is 8.15. The molecule has 0 aliphatic carbocycles. The van der Waals surface area contributed by atoms with Gasteiger partial charge in [0, 0.05) is 5.02 Å². The van der Waals surface area contributed by atoms with Gasteiger partial charge in [-0.05, 0) is 48.0 Å².